The molecule has 1 aromatic heterocycles. The predicted molar refractivity (Wildman–Crippen MR) is 89.2 cm³/mol. The van der Waals surface area contributed by atoms with Gasteiger partial charge >= 0.3 is 5.97 Å². The third-order valence-corrected chi connectivity index (χ3v) is 4.16. The molecule has 0 aliphatic rings. The fraction of sp³-hybridized carbons (Fsp3) is 0.235. The van der Waals surface area contributed by atoms with Gasteiger partial charge in [-0.1, -0.05) is 18.2 Å². The first-order chi connectivity index (χ1) is 11.6. The van der Waals surface area contributed by atoms with Crippen LogP contribution in [0.1, 0.15) is 28.2 Å². The zero-order valence-corrected chi connectivity index (χ0v) is 13.9. The highest BCUT2D eigenvalue weighted by Gasteiger charge is 2.13. The molecule has 1 atom stereocenters. The number of carbonyl (C=O) groups is 3. The zero-order valence-electron chi connectivity index (χ0n) is 13.1. The molecule has 1 N–H and O–H groups in total. The molecule has 1 amide bonds. The average molecular weight is 347 g/mol. The summed E-state index contributed by atoms with van der Waals surface area (Å²) in [7, 11) is 0. The van der Waals surface area contributed by atoms with Crippen molar-refractivity contribution in [2.45, 2.75) is 13.0 Å². The largest absolute Gasteiger partial charge is 0.481 e. The molecule has 24 heavy (non-hydrogen) atoms. The Bertz CT molecular complexity index is 699. The summed E-state index contributed by atoms with van der Waals surface area (Å²) in [4.78, 5) is 35.2. The Hall–Kier alpha value is -2.67. The van der Waals surface area contributed by atoms with Gasteiger partial charge in [0.1, 0.15) is 5.75 Å². The van der Waals surface area contributed by atoms with Crippen LogP contribution in [0.4, 0.5) is 0 Å². The van der Waals surface area contributed by atoms with Crippen LogP contribution in [0.3, 0.4) is 0 Å². The number of ether oxygens (including phenoxy) is 2. The van der Waals surface area contributed by atoms with E-state index in [1.54, 1.807) is 24.3 Å². The molecule has 0 saturated heterocycles. The van der Waals surface area contributed by atoms with Crippen LogP contribution >= 0.6 is 11.3 Å². The highest BCUT2D eigenvalue weighted by molar-refractivity contribution is 7.10. The summed E-state index contributed by atoms with van der Waals surface area (Å²) in [6, 6.07) is 10.2. The first-order valence-corrected chi connectivity index (χ1v) is 8.13. The fourth-order valence-corrected chi connectivity index (χ4v) is 2.66. The van der Waals surface area contributed by atoms with Crippen LogP contribution in [-0.4, -0.2) is 31.4 Å². The summed E-state index contributed by atoms with van der Waals surface area (Å²) >= 11 is 1.54. The second-order valence-electron chi connectivity index (χ2n) is 4.91. The standard InChI is InChI=1S/C17H17NO5S/c1-12(15-7-4-8-24-15)18-16(20)10-23-17(21)11-22-14-6-3-2-5-13(14)9-19/h2-9,12H,10-11H2,1H3,(H,18,20)/t12-/m1/s1. The lowest BCUT2D eigenvalue weighted by atomic mass is 10.2. The van der Waals surface area contributed by atoms with Gasteiger partial charge in [0.05, 0.1) is 11.6 Å². The molecule has 0 aliphatic carbocycles. The number of rotatable bonds is 8. The quantitative estimate of drug-likeness (QED) is 0.586. The van der Waals surface area contributed by atoms with E-state index in [0.29, 0.717) is 17.6 Å². The van der Waals surface area contributed by atoms with Crippen LogP contribution in [-0.2, 0) is 14.3 Å². The lowest BCUT2D eigenvalue weighted by Crippen LogP contribution is -2.31. The van der Waals surface area contributed by atoms with Gasteiger partial charge < -0.3 is 14.8 Å². The highest BCUT2D eigenvalue weighted by atomic mass is 32.1. The molecule has 2 rings (SSSR count). The zero-order chi connectivity index (χ0) is 17.4. The number of hydrogen-bond acceptors (Lipinski definition) is 6. The van der Waals surface area contributed by atoms with E-state index in [9.17, 15) is 14.4 Å². The molecule has 0 bridgehead atoms. The van der Waals surface area contributed by atoms with Gasteiger partial charge in [-0.3, -0.25) is 9.59 Å². The SMILES string of the molecule is C[C@@H](NC(=O)COC(=O)COc1ccccc1C=O)c1cccs1. The van der Waals surface area contributed by atoms with E-state index in [-0.39, 0.29) is 19.3 Å². The Morgan fingerprint density at radius 3 is 2.71 bits per heavy atom. The van der Waals surface area contributed by atoms with Gasteiger partial charge in [0, 0.05) is 4.88 Å². The van der Waals surface area contributed by atoms with Crippen molar-refractivity contribution >= 4 is 29.5 Å². The minimum atomic E-state index is -0.686. The molecule has 126 valence electrons. The summed E-state index contributed by atoms with van der Waals surface area (Å²) in [6.07, 6.45) is 0.639. The summed E-state index contributed by atoms with van der Waals surface area (Å²) in [6.45, 7) is 1.09. The Morgan fingerprint density at radius 2 is 2.00 bits per heavy atom. The van der Waals surface area contributed by atoms with E-state index >= 15 is 0 Å². The maximum atomic E-state index is 11.8. The van der Waals surface area contributed by atoms with Crippen LogP contribution in [0.25, 0.3) is 0 Å². The van der Waals surface area contributed by atoms with Crippen molar-refractivity contribution in [3.63, 3.8) is 0 Å². The number of thiophene rings is 1. The van der Waals surface area contributed by atoms with Crippen LogP contribution < -0.4 is 10.1 Å². The van der Waals surface area contributed by atoms with Gasteiger partial charge in [0.15, 0.2) is 19.5 Å². The summed E-state index contributed by atoms with van der Waals surface area (Å²) in [5.41, 5.74) is 0.341. The van der Waals surface area contributed by atoms with Gasteiger partial charge in [-0.15, -0.1) is 11.3 Å². The lowest BCUT2D eigenvalue weighted by molar-refractivity contribution is -0.150. The number of benzene rings is 1. The van der Waals surface area contributed by atoms with Crippen molar-refractivity contribution in [3.8, 4) is 5.75 Å². The van der Waals surface area contributed by atoms with Gasteiger partial charge in [-0.05, 0) is 30.5 Å². The first kappa shape index (κ1) is 17.7. The fourth-order valence-electron chi connectivity index (χ4n) is 1.93. The Balaban J connectivity index is 1.72. The topological polar surface area (TPSA) is 81.7 Å². The van der Waals surface area contributed by atoms with E-state index < -0.39 is 11.9 Å². The minimum Gasteiger partial charge on any atom is -0.481 e. The second-order valence-corrected chi connectivity index (χ2v) is 5.89. The van der Waals surface area contributed by atoms with E-state index in [1.807, 2.05) is 24.4 Å². The van der Waals surface area contributed by atoms with Gasteiger partial charge in [-0.2, -0.15) is 0 Å². The molecule has 2 aromatic rings. The van der Waals surface area contributed by atoms with Gasteiger partial charge in [0.2, 0.25) is 0 Å². The molecule has 7 heteroatoms. The Morgan fingerprint density at radius 1 is 1.21 bits per heavy atom. The van der Waals surface area contributed by atoms with Crippen LogP contribution in [0.15, 0.2) is 41.8 Å². The van der Waals surface area contributed by atoms with Crippen LogP contribution in [0.5, 0.6) is 5.75 Å². The molecule has 0 radical (unpaired) electrons. The van der Waals surface area contributed by atoms with Crippen molar-refractivity contribution in [1.29, 1.82) is 0 Å². The van der Waals surface area contributed by atoms with E-state index in [4.69, 9.17) is 9.47 Å². The molecule has 0 unspecified atom stereocenters. The van der Waals surface area contributed by atoms with Crippen molar-refractivity contribution < 1.29 is 23.9 Å². The van der Waals surface area contributed by atoms with Crippen molar-refractivity contribution in [2.24, 2.45) is 0 Å². The average Bonchev–Trinajstić information content (AvgIpc) is 3.13. The summed E-state index contributed by atoms with van der Waals surface area (Å²) < 4.78 is 10.1. The molecule has 0 fully saturated rings. The monoisotopic (exact) mass is 347 g/mol. The molecular weight excluding hydrogens is 330 g/mol. The van der Waals surface area contributed by atoms with Crippen LogP contribution in [0.2, 0.25) is 0 Å². The van der Waals surface area contributed by atoms with Gasteiger partial charge in [-0.25, -0.2) is 4.79 Å². The minimum absolute atomic E-state index is 0.146. The molecular formula is C17H17NO5S. The van der Waals surface area contributed by atoms with Crippen molar-refractivity contribution in [1.82, 2.24) is 5.32 Å². The number of aldehydes is 1. The maximum absolute atomic E-state index is 11.8. The number of amides is 1. The number of para-hydroxylation sites is 1. The van der Waals surface area contributed by atoms with Crippen molar-refractivity contribution in [2.75, 3.05) is 13.2 Å². The highest BCUT2D eigenvalue weighted by Crippen LogP contribution is 2.18. The number of esters is 1. The predicted octanol–water partition coefficient (Wildman–Crippen LogP) is 2.36. The van der Waals surface area contributed by atoms with E-state index in [0.717, 1.165) is 4.88 Å². The van der Waals surface area contributed by atoms with E-state index in [2.05, 4.69) is 5.32 Å². The van der Waals surface area contributed by atoms with E-state index in [1.165, 1.54) is 11.3 Å². The molecule has 0 aliphatic heterocycles. The van der Waals surface area contributed by atoms with Gasteiger partial charge in [0.25, 0.3) is 5.91 Å². The smallest absolute Gasteiger partial charge is 0.344 e. The number of nitrogens with one attached hydrogen (secondary N) is 1. The summed E-state index contributed by atoms with van der Waals surface area (Å²) in [5.74, 6) is -0.785. The molecule has 6 nitrogen and oxygen atoms in total. The van der Waals surface area contributed by atoms with Crippen LogP contribution in [0, 0.1) is 0 Å². The second kappa shape index (κ2) is 8.83. The lowest BCUT2D eigenvalue weighted by Gasteiger charge is -2.12. The molecule has 0 spiro atoms. The molecule has 1 heterocycles. The third-order valence-electron chi connectivity index (χ3n) is 3.10. The molecule has 1 aromatic carbocycles. The normalized spacial score (nSPS) is 11.4. The molecule has 0 saturated carbocycles. The first-order valence-electron chi connectivity index (χ1n) is 7.25. The Kier molecular flexibility index (Phi) is 6.51. The Labute approximate surface area is 143 Å². The van der Waals surface area contributed by atoms with Crippen molar-refractivity contribution in [3.05, 3.63) is 52.2 Å². The maximum Gasteiger partial charge on any atom is 0.344 e. The summed E-state index contributed by atoms with van der Waals surface area (Å²) in [5, 5.41) is 4.66. The third kappa shape index (κ3) is 5.20. The number of carbonyl (C=O) groups excluding carboxylic acids is 3. The number of hydrogen-bond donors (Lipinski definition) is 1.